The van der Waals surface area contributed by atoms with Crippen LogP contribution >= 0.6 is 12.4 Å². The monoisotopic (exact) mass is 518 g/mol. The van der Waals surface area contributed by atoms with Crippen molar-refractivity contribution in [1.29, 1.82) is 5.26 Å². The van der Waals surface area contributed by atoms with Crippen molar-refractivity contribution >= 4 is 29.1 Å². The smallest absolute Gasteiger partial charge is 0.320 e. The summed E-state index contributed by atoms with van der Waals surface area (Å²) >= 11 is 0. The van der Waals surface area contributed by atoms with Crippen molar-refractivity contribution in [3.63, 3.8) is 0 Å². The number of likely N-dealkylation sites (tertiary alicyclic amines) is 1. The van der Waals surface area contributed by atoms with Gasteiger partial charge in [0.15, 0.2) is 0 Å². The lowest BCUT2D eigenvalue weighted by atomic mass is 9.98. The Morgan fingerprint density at radius 2 is 2.00 bits per heavy atom. The molecule has 2 heterocycles. The molecule has 1 aliphatic heterocycles. The Morgan fingerprint density at radius 3 is 2.73 bits per heavy atom. The van der Waals surface area contributed by atoms with E-state index in [4.69, 9.17) is 9.26 Å². The lowest BCUT2D eigenvalue weighted by molar-refractivity contribution is -0.142. The molecule has 8 nitrogen and oxygen atoms in total. The molecule has 1 N–H and O–H groups in total. The van der Waals surface area contributed by atoms with E-state index in [0.29, 0.717) is 41.6 Å². The van der Waals surface area contributed by atoms with E-state index in [9.17, 15) is 15.2 Å². The van der Waals surface area contributed by atoms with Gasteiger partial charge in [0, 0.05) is 17.7 Å². The van der Waals surface area contributed by atoms with E-state index >= 15 is 0 Å². The number of halogens is 1. The number of rotatable bonds is 7. The van der Waals surface area contributed by atoms with Gasteiger partial charge in [-0.2, -0.15) is 10.2 Å². The Bertz CT molecular complexity index is 1480. The Kier molecular flexibility index (Phi) is 7.77. The van der Waals surface area contributed by atoms with E-state index in [1.165, 1.54) is 0 Å². The fourth-order valence-corrected chi connectivity index (χ4v) is 4.77. The zero-order valence-corrected chi connectivity index (χ0v) is 21.4. The first-order valence-electron chi connectivity index (χ1n) is 12.0. The maximum Gasteiger partial charge on any atom is 0.320 e. The van der Waals surface area contributed by atoms with Gasteiger partial charge in [0.25, 0.3) is 5.89 Å². The molecular formula is C28H27ClN4O4. The number of fused-ring (bicyclic) bond motifs is 1. The quantitative estimate of drug-likeness (QED) is 0.332. The van der Waals surface area contributed by atoms with E-state index in [0.717, 1.165) is 34.9 Å². The zero-order chi connectivity index (χ0) is 25.2. The number of carbonyl (C=O) groups is 1. The molecular weight excluding hydrogens is 492 g/mol. The van der Waals surface area contributed by atoms with Gasteiger partial charge in [-0.05, 0) is 67.8 Å². The van der Waals surface area contributed by atoms with Crippen LogP contribution in [0.3, 0.4) is 0 Å². The average Bonchev–Trinajstić information content (AvgIpc) is 3.54. The first kappa shape index (κ1) is 26.1. The lowest BCUT2D eigenvalue weighted by Gasteiger charge is -2.22. The normalized spacial score (nSPS) is 15.5. The highest BCUT2D eigenvalue weighted by atomic mass is 35.5. The zero-order valence-electron chi connectivity index (χ0n) is 20.5. The van der Waals surface area contributed by atoms with Crippen LogP contribution in [0.4, 0.5) is 0 Å². The number of ether oxygens (including phenoxy) is 1. The summed E-state index contributed by atoms with van der Waals surface area (Å²) in [5, 5.41) is 25.3. The maximum atomic E-state index is 11.6. The SMILES string of the molecule is CC(C)Oc1ccc(-c2nc(-c3ccc(CN4CCC[C@H]4C(=O)O)c4ccccc34)no2)cc1C#N.Cl. The number of aliphatic carboxylic acids is 1. The van der Waals surface area contributed by atoms with Crippen molar-refractivity contribution in [3.05, 3.63) is 65.7 Å². The highest BCUT2D eigenvalue weighted by Crippen LogP contribution is 2.33. The van der Waals surface area contributed by atoms with Crippen LogP contribution < -0.4 is 4.74 Å². The number of nitriles is 1. The summed E-state index contributed by atoms with van der Waals surface area (Å²) in [7, 11) is 0. The molecule has 190 valence electrons. The molecule has 0 spiro atoms. The molecule has 5 rings (SSSR count). The minimum absolute atomic E-state index is 0. The molecule has 3 aromatic carbocycles. The van der Waals surface area contributed by atoms with Crippen LogP contribution in [0.5, 0.6) is 5.75 Å². The molecule has 4 aromatic rings. The Labute approximate surface area is 220 Å². The maximum absolute atomic E-state index is 11.6. The number of carboxylic acids is 1. The van der Waals surface area contributed by atoms with Gasteiger partial charge in [0.2, 0.25) is 5.82 Å². The van der Waals surface area contributed by atoms with E-state index in [1.807, 2.05) is 55.1 Å². The van der Waals surface area contributed by atoms with E-state index in [1.54, 1.807) is 18.2 Å². The third-order valence-corrected chi connectivity index (χ3v) is 6.41. The van der Waals surface area contributed by atoms with Gasteiger partial charge in [-0.15, -0.1) is 12.4 Å². The predicted octanol–water partition coefficient (Wildman–Crippen LogP) is 5.69. The van der Waals surface area contributed by atoms with Crippen molar-refractivity contribution in [2.45, 2.75) is 45.4 Å². The lowest BCUT2D eigenvalue weighted by Crippen LogP contribution is -2.35. The van der Waals surface area contributed by atoms with Crippen LogP contribution in [-0.2, 0) is 11.3 Å². The summed E-state index contributed by atoms with van der Waals surface area (Å²) in [6.07, 6.45) is 1.51. The van der Waals surface area contributed by atoms with Gasteiger partial charge < -0.3 is 14.4 Å². The molecule has 1 saturated heterocycles. The molecule has 0 bridgehead atoms. The fraction of sp³-hybridized carbons (Fsp3) is 0.286. The molecule has 0 saturated carbocycles. The summed E-state index contributed by atoms with van der Waals surface area (Å²) in [5.41, 5.74) is 2.92. The number of aromatic nitrogens is 2. The van der Waals surface area contributed by atoms with E-state index < -0.39 is 12.0 Å². The summed E-state index contributed by atoms with van der Waals surface area (Å²) in [6.45, 7) is 5.15. The summed E-state index contributed by atoms with van der Waals surface area (Å²) < 4.78 is 11.3. The van der Waals surface area contributed by atoms with Crippen molar-refractivity contribution < 1.29 is 19.2 Å². The molecule has 1 atom stereocenters. The van der Waals surface area contributed by atoms with Crippen molar-refractivity contribution in [1.82, 2.24) is 15.0 Å². The van der Waals surface area contributed by atoms with Gasteiger partial charge in [0.1, 0.15) is 17.9 Å². The van der Waals surface area contributed by atoms with Crippen LogP contribution in [0.1, 0.15) is 37.8 Å². The number of benzene rings is 3. The molecule has 1 fully saturated rings. The van der Waals surface area contributed by atoms with Gasteiger partial charge >= 0.3 is 5.97 Å². The average molecular weight is 519 g/mol. The number of hydrogen-bond donors (Lipinski definition) is 1. The highest BCUT2D eigenvalue weighted by Gasteiger charge is 2.30. The molecule has 1 aliphatic rings. The number of nitrogens with zero attached hydrogens (tertiary/aromatic N) is 4. The number of hydrogen-bond acceptors (Lipinski definition) is 7. The van der Waals surface area contributed by atoms with Gasteiger partial charge in [-0.1, -0.05) is 41.6 Å². The minimum Gasteiger partial charge on any atom is -0.490 e. The predicted molar refractivity (Wildman–Crippen MR) is 141 cm³/mol. The van der Waals surface area contributed by atoms with Crippen LogP contribution in [0.15, 0.2) is 59.1 Å². The third-order valence-electron chi connectivity index (χ3n) is 6.41. The van der Waals surface area contributed by atoms with Crippen molar-refractivity contribution in [2.24, 2.45) is 0 Å². The minimum atomic E-state index is -0.767. The molecule has 9 heteroatoms. The summed E-state index contributed by atoms with van der Waals surface area (Å²) in [5.74, 6) is 0.502. The fourth-order valence-electron chi connectivity index (χ4n) is 4.77. The van der Waals surface area contributed by atoms with Crippen LogP contribution in [0.25, 0.3) is 33.6 Å². The molecule has 0 amide bonds. The summed E-state index contributed by atoms with van der Waals surface area (Å²) in [6, 6.07) is 18.9. The van der Waals surface area contributed by atoms with Gasteiger partial charge in [-0.25, -0.2) is 0 Å². The Balaban J connectivity index is 0.00000320. The highest BCUT2D eigenvalue weighted by molar-refractivity contribution is 5.97. The van der Waals surface area contributed by atoms with Gasteiger partial charge in [0.05, 0.1) is 11.7 Å². The molecule has 37 heavy (non-hydrogen) atoms. The Hall–Kier alpha value is -3.93. The second-order valence-corrected chi connectivity index (χ2v) is 9.20. The molecule has 0 unspecified atom stereocenters. The van der Waals surface area contributed by atoms with Crippen LogP contribution in [0, 0.1) is 11.3 Å². The first-order valence-corrected chi connectivity index (χ1v) is 12.0. The second kappa shape index (κ2) is 11.0. The van der Waals surface area contributed by atoms with E-state index in [2.05, 4.69) is 16.2 Å². The van der Waals surface area contributed by atoms with Crippen molar-refractivity contribution in [2.75, 3.05) is 6.54 Å². The topological polar surface area (TPSA) is 112 Å². The van der Waals surface area contributed by atoms with E-state index in [-0.39, 0.29) is 18.5 Å². The molecule has 1 aromatic heterocycles. The van der Waals surface area contributed by atoms with Gasteiger partial charge in [-0.3, -0.25) is 9.69 Å². The molecule has 0 radical (unpaired) electrons. The number of carboxylic acid groups (broad SMARTS) is 1. The largest absolute Gasteiger partial charge is 0.490 e. The van der Waals surface area contributed by atoms with Crippen molar-refractivity contribution in [3.8, 4) is 34.7 Å². The first-order chi connectivity index (χ1) is 17.4. The summed E-state index contributed by atoms with van der Waals surface area (Å²) in [4.78, 5) is 18.3. The van der Waals surface area contributed by atoms with Crippen LogP contribution in [0.2, 0.25) is 0 Å². The Morgan fingerprint density at radius 1 is 1.22 bits per heavy atom. The van der Waals surface area contributed by atoms with Crippen LogP contribution in [-0.4, -0.2) is 44.8 Å². The third kappa shape index (κ3) is 5.29. The molecule has 0 aliphatic carbocycles. The second-order valence-electron chi connectivity index (χ2n) is 9.20. The standard InChI is InChI=1S/C28H26N4O4.ClH/c1-17(2)35-25-12-10-18(14-20(25)15-29)27-30-26(31-36-27)23-11-9-19(21-6-3-4-7-22(21)23)16-32-13-5-8-24(32)28(33)34;/h3-4,6-7,9-12,14,17,24H,5,8,13,16H2,1-2H3,(H,33,34);1H/t24-;/m0./s1.